The van der Waals surface area contributed by atoms with Gasteiger partial charge in [0.1, 0.15) is 0 Å². The van der Waals surface area contributed by atoms with E-state index in [-0.39, 0.29) is 10.9 Å². The standard InChI is InChI=1S/C23H23F3N2O2S2/c24-23(25,26)19-6-2-7-21(15-19)32(29,30)27-20-9-11-28(12-10-20)16-17-4-1-5-18(14-17)22-8-3-13-31-22/h1-8,13-15,20H,9-12,16H2,(H-,27,29,30). The monoisotopic (exact) mass is 480 g/mol. The van der Waals surface area contributed by atoms with Gasteiger partial charge in [0.25, 0.3) is 0 Å². The van der Waals surface area contributed by atoms with Gasteiger partial charge in [-0.15, -0.1) is 16.1 Å². The van der Waals surface area contributed by atoms with Crippen molar-refractivity contribution in [3.05, 3.63) is 77.2 Å². The highest BCUT2D eigenvalue weighted by Gasteiger charge is 2.34. The summed E-state index contributed by atoms with van der Waals surface area (Å²) in [6.07, 6.45) is -3.39. The molecule has 1 N–H and O–H groups in total. The lowest BCUT2D eigenvalue weighted by atomic mass is 10.0. The van der Waals surface area contributed by atoms with Crippen LogP contribution in [0.2, 0.25) is 0 Å². The van der Waals surface area contributed by atoms with Gasteiger partial charge in [0.05, 0.1) is 11.6 Å². The van der Waals surface area contributed by atoms with Gasteiger partial charge in [-0.3, -0.25) is 4.90 Å². The molecule has 32 heavy (non-hydrogen) atoms. The summed E-state index contributed by atoms with van der Waals surface area (Å²) in [5.41, 5.74) is 1.40. The maximum absolute atomic E-state index is 12.9. The topological polar surface area (TPSA) is 55.4 Å². The van der Waals surface area contributed by atoms with Gasteiger partial charge in [0.15, 0.2) is 15.3 Å². The van der Waals surface area contributed by atoms with Crippen molar-refractivity contribution in [2.75, 3.05) is 13.1 Å². The summed E-state index contributed by atoms with van der Waals surface area (Å²) in [7, 11) is -4.02. The van der Waals surface area contributed by atoms with E-state index in [9.17, 15) is 21.9 Å². The Morgan fingerprint density at radius 2 is 1.81 bits per heavy atom. The van der Waals surface area contributed by atoms with Crippen molar-refractivity contribution < 1.29 is 21.9 Å². The summed E-state index contributed by atoms with van der Waals surface area (Å²) in [6.45, 7) is 2.18. The number of likely N-dealkylation sites (tertiary alicyclic amines) is 1. The van der Waals surface area contributed by atoms with E-state index in [1.165, 1.54) is 22.1 Å². The third-order valence-corrected chi connectivity index (χ3v) is 7.96. The molecular weight excluding hydrogens is 457 g/mol. The van der Waals surface area contributed by atoms with Crippen molar-refractivity contribution in [2.45, 2.75) is 36.5 Å². The first-order valence-corrected chi connectivity index (χ1v) is 12.6. The SMILES string of the molecule is O=[S+]([O-])(NC1CCN(Cc2cccc(-c3cccs3)c2)CC1)c1cccc(C(F)(F)F)c1. The lowest BCUT2D eigenvalue weighted by molar-refractivity contribution is -0.137. The van der Waals surface area contributed by atoms with Crippen LogP contribution in [0.5, 0.6) is 0 Å². The van der Waals surface area contributed by atoms with Crippen LogP contribution >= 0.6 is 11.3 Å². The Hall–Kier alpha value is -2.04. The molecule has 0 radical (unpaired) electrons. The van der Waals surface area contributed by atoms with Gasteiger partial charge in [-0.25, -0.2) is 0 Å². The highest BCUT2D eigenvalue weighted by molar-refractivity contribution is 7.95. The molecule has 0 bridgehead atoms. The maximum atomic E-state index is 12.9. The van der Waals surface area contributed by atoms with Gasteiger partial charge in [-0.05, 0) is 53.6 Å². The number of sulfonamides is 1. The molecule has 1 fully saturated rings. The molecule has 0 spiro atoms. The minimum absolute atomic E-state index is 0.303. The fourth-order valence-electron chi connectivity index (χ4n) is 3.86. The first-order valence-electron chi connectivity index (χ1n) is 10.3. The lowest BCUT2D eigenvalue weighted by Gasteiger charge is -2.33. The molecule has 1 aliphatic rings. The zero-order valence-electron chi connectivity index (χ0n) is 17.2. The summed E-state index contributed by atoms with van der Waals surface area (Å²) < 4.78 is 66.6. The summed E-state index contributed by atoms with van der Waals surface area (Å²) in [4.78, 5) is 3.12. The van der Waals surface area contributed by atoms with Gasteiger partial charge in [0, 0.05) is 30.6 Å². The van der Waals surface area contributed by atoms with Gasteiger partial charge < -0.3 is 4.55 Å². The van der Waals surface area contributed by atoms with Crippen LogP contribution in [0.1, 0.15) is 24.0 Å². The Morgan fingerprint density at radius 3 is 2.50 bits per heavy atom. The van der Waals surface area contributed by atoms with Crippen LogP contribution in [-0.2, 0) is 27.3 Å². The fraction of sp³-hybridized carbons (Fsp3) is 0.304. The van der Waals surface area contributed by atoms with Gasteiger partial charge in [0.2, 0.25) is 0 Å². The minimum atomic E-state index is -4.59. The molecule has 2 aromatic carbocycles. The number of hydrogen-bond acceptors (Lipinski definition) is 4. The van der Waals surface area contributed by atoms with Crippen LogP contribution in [0, 0.1) is 0 Å². The van der Waals surface area contributed by atoms with Crippen LogP contribution in [0.4, 0.5) is 13.2 Å². The number of halogens is 3. The number of rotatable bonds is 6. The van der Waals surface area contributed by atoms with E-state index in [1.54, 1.807) is 11.3 Å². The smallest absolute Gasteiger partial charge is 0.416 e. The Balaban J connectivity index is 1.34. The van der Waals surface area contributed by atoms with E-state index in [4.69, 9.17) is 0 Å². The quantitative estimate of drug-likeness (QED) is 0.468. The van der Waals surface area contributed by atoms with Crippen LogP contribution in [0.3, 0.4) is 0 Å². The average molecular weight is 481 g/mol. The Morgan fingerprint density at radius 1 is 1.06 bits per heavy atom. The largest absolute Gasteiger partial charge is 0.593 e. The molecule has 1 saturated heterocycles. The molecule has 170 valence electrons. The van der Waals surface area contributed by atoms with Crippen molar-refractivity contribution in [3.63, 3.8) is 0 Å². The Kier molecular flexibility index (Phi) is 6.83. The van der Waals surface area contributed by atoms with E-state index >= 15 is 0 Å². The number of hydrogen-bond donors (Lipinski definition) is 1. The second-order valence-corrected chi connectivity index (χ2v) is 10.5. The highest BCUT2D eigenvalue weighted by Crippen LogP contribution is 2.31. The van der Waals surface area contributed by atoms with Crippen molar-refractivity contribution in [2.24, 2.45) is 0 Å². The lowest BCUT2D eigenvalue weighted by Crippen LogP contribution is -2.46. The number of nitrogens with zero attached hydrogens (tertiary/aromatic N) is 1. The number of benzene rings is 2. The molecule has 1 atom stereocenters. The first kappa shape index (κ1) is 23.1. The molecule has 4 rings (SSSR count). The molecule has 4 nitrogen and oxygen atoms in total. The van der Waals surface area contributed by atoms with Crippen LogP contribution < -0.4 is 4.72 Å². The molecule has 1 aromatic heterocycles. The predicted molar refractivity (Wildman–Crippen MR) is 120 cm³/mol. The third kappa shape index (κ3) is 5.65. The Labute approximate surface area is 190 Å². The van der Waals surface area contributed by atoms with E-state index in [0.717, 1.165) is 18.7 Å². The van der Waals surface area contributed by atoms with Crippen LogP contribution in [0.25, 0.3) is 10.4 Å². The predicted octanol–water partition coefficient (Wildman–Crippen LogP) is 5.59. The van der Waals surface area contributed by atoms with Crippen LogP contribution in [-0.4, -0.2) is 28.6 Å². The summed E-state index contributed by atoms with van der Waals surface area (Å²) in [5, 5.41) is 2.05. The second-order valence-electron chi connectivity index (χ2n) is 7.87. The normalized spacial score (nSPS) is 17.9. The van der Waals surface area contributed by atoms with Crippen molar-refractivity contribution in [1.82, 2.24) is 9.62 Å². The molecular formula is C23H23F3N2O2S2. The summed E-state index contributed by atoms with van der Waals surface area (Å²) in [6, 6.07) is 16.0. The molecule has 0 saturated carbocycles. The molecule has 9 heteroatoms. The van der Waals surface area contributed by atoms with Crippen molar-refractivity contribution in [1.29, 1.82) is 0 Å². The van der Waals surface area contributed by atoms with E-state index < -0.39 is 22.1 Å². The van der Waals surface area contributed by atoms with Gasteiger partial charge in [-0.1, -0.05) is 34.5 Å². The van der Waals surface area contributed by atoms with Crippen molar-refractivity contribution >= 4 is 21.7 Å². The average Bonchev–Trinajstić information content (AvgIpc) is 3.30. The number of piperidine rings is 1. The maximum Gasteiger partial charge on any atom is 0.416 e. The Bertz CT molecular complexity index is 1090. The van der Waals surface area contributed by atoms with E-state index in [1.807, 2.05) is 17.5 Å². The molecule has 1 aliphatic heterocycles. The molecule has 2 heterocycles. The highest BCUT2D eigenvalue weighted by atomic mass is 32.3. The number of alkyl halides is 3. The fourth-order valence-corrected chi connectivity index (χ4v) is 5.93. The molecule has 3 aromatic rings. The molecule has 0 aliphatic carbocycles. The molecule has 0 amide bonds. The van der Waals surface area contributed by atoms with E-state index in [2.05, 4.69) is 33.9 Å². The number of thiophene rings is 1. The van der Waals surface area contributed by atoms with E-state index in [0.29, 0.717) is 32.0 Å². The van der Waals surface area contributed by atoms with Crippen molar-refractivity contribution in [3.8, 4) is 10.4 Å². The third-order valence-electron chi connectivity index (χ3n) is 5.52. The summed E-state index contributed by atoms with van der Waals surface area (Å²) >= 11 is 1.70. The second kappa shape index (κ2) is 9.44. The van der Waals surface area contributed by atoms with Gasteiger partial charge >= 0.3 is 6.18 Å². The number of nitrogens with one attached hydrogen (secondary N) is 1. The zero-order chi connectivity index (χ0) is 22.8. The zero-order valence-corrected chi connectivity index (χ0v) is 18.8. The summed E-state index contributed by atoms with van der Waals surface area (Å²) in [5.74, 6) is 0. The van der Waals surface area contributed by atoms with Gasteiger partial charge in [-0.2, -0.15) is 13.2 Å². The minimum Gasteiger partial charge on any atom is -0.593 e. The molecule has 1 unspecified atom stereocenters. The van der Waals surface area contributed by atoms with Crippen LogP contribution in [0.15, 0.2) is 70.9 Å². The first-order chi connectivity index (χ1) is 15.2.